The Labute approximate surface area is 117 Å². The summed E-state index contributed by atoms with van der Waals surface area (Å²) in [6, 6.07) is 1.82. The van der Waals surface area contributed by atoms with Gasteiger partial charge in [-0.05, 0) is 50.8 Å². The Balaban J connectivity index is 2.56. The molecule has 1 aromatic heterocycles. The van der Waals surface area contributed by atoms with Crippen LogP contribution in [-0.2, 0) is 4.74 Å². The number of carbonyl (C=O) groups is 1. The maximum absolute atomic E-state index is 11.8. The van der Waals surface area contributed by atoms with Crippen molar-refractivity contribution in [1.29, 1.82) is 0 Å². The van der Waals surface area contributed by atoms with Gasteiger partial charge in [-0.2, -0.15) is 0 Å². The van der Waals surface area contributed by atoms with E-state index in [-0.39, 0.29) is 18.5 Å². The number of thiophene rings is 1. The lowest BCUT2D eigenvalue weighted by molar-refractivity contribution is 0.0336. The zero-order valence-corrected chi connectivity index (χ0v) is 13.4. The number of carbonyl (C=O) groups excluding carboxylic acids is 1. The van der Waals surface area contributed by atoms with Crippen LogP contribution in [0.25, 0.3) is 0 Å². The van der Waals surface area contributed by atoms with Gasteiger partial charge in [-0.1, -0.05) is 13.8 Å². The van der Waals surface area contributed by atoms with Gasteiger partial charge in [0.15, 0.2) is 5.78 Å². The molecule has 0 amide bonds. The van der Waals surface area contributed by atoms with Gasteiger partial charge in [-0.25, -0.2) is 0 Å². The van der Waals surface area contributed by atoms with E-state index < -0.39 is 0 Å². The third kappa shape index (κ3) is 3.95. The van der Waals surface area contributed by atoms with Crippen molar-refractivity contribution in [3.8, 4) is 0 Å². The molecule has 1 heterocycles. The molecule has 0 aromatic carbocycles. The Kier molecular flexibility index (Phi) is 5.64. The number of rotatable bonds is 5. The van der Waals surface area contributed by atoms with E-state index in [1.807, 2.05) is 13.0 Å². The summed E-state index contributed by atoms with van der Waals surface area (Å²) in [6.07, 6.45) is 0.102. The smallest absolute Gasteiger partial charge is 0.190 e. The molecule has 16 heavy (non-hydrogen) atoms. The first-order chi connectivity index (χ1) is 7.41. The van der Waals surface area contributed by atoms with Crippen LogP contribution in [0.2, 0.25) is 0 Å². The maximum Gasteiger partial charge on any atom is 0.190 e. The standard InChI is InChI=1S/C11H14Br2O2S/c1-6(2)7(3)15-5-9(14)8-4-10(12)16-11(8)13/h4,6-7H,5H2,1-3H3. The molecule has 90 valence electrons. The number of hydrogen-bond acceptors (Lipinski definition) is 3. The molecule has 0 fully saturated rings. The molecule has 0 bridgehead atoms. The van der Waals surface area contributed by atoms with Gasteiger partial charge in [-0.3, -0.25) is 4.79 Å². The van der Waals surface area contributed by atoms with Crippen LogP contribution in [0.1, 0.15) is 31.1 Å². The third-order valence-electron chi connectivity index (χ3n) is 2.37. The van der Waals surface area contributed by atoms with Gasteiger partial charge in [0.25, 0.3) is 0 Å². The van der Waals surface area contributed by atoms with Gasteiger partial charge in [0, 0.05) is 5.56 Å². The monoisotopic (exact) mass is 368 g/mol. The molecule has 1 atom stereocenters. The van der Waals surface area contributed by atoms with E-state index in [2.05, 4.69) is 45.7 Å². The molecular weight excluding hydrogens is 356 g/mol. The number of ketones is 1. The molecule has 1 aromatic rings. The van der Waals surface area contributed by atoms with Crippen molar-refractivity contribution in [3.63, 3.8) is 0 Å². The first-order valence-corrected chi connectivity index (χ1v) is 7.41. The van der Waals surface area contributed by atoms with Crippen molar-refractivity contribution < 1.29 is 9.53 Å². The molecule has 0 saturated heterocycles. The zero-order chi connectivity index (χ0) is 12.3. The fourth-order valence-corrected chi connectivity index (χ4v) is 3.86. The van der Waals surface area contributed by atoms with E-state index in [0.717, 1.165) is 7.57 Å². The van der Waals surface area contributed by atoms with Gasteiger partial charge in [0.2, 0.25) is 0 Å². The molecule has 2 nitrogen and oxygen atoms in total. The SMILES string of the molecule is CC(C)C(C)OCC(=O)c1cc(Br)sc1Br. The van der Waals surface area contributed by atoms with Crippen LogP contribution in [0.15, 0.2) is 13.6 Å². The Morgan fingerprint density at radius 2 is 2.06 bits per heavy atom. The number of Topliss-reactive ketones (excluding diaryl/α,β-unsaturated/α-hetero) is 1. The number of halogens is 2. The van der Waals surface area contributed by atoms with Crippen molar-refractivity contribution >= 4 is 49.0 Å². The maximum atomic E-state index is 11.8. The molecule has 0 aliphatic carbocycles. The fraction of sp³-hybridized carbons (Fsp3) is 0.545. The molecule has 0 radical (unpaired) electrons. The Bertz CT molecular complexity index is 374. The molecule has 0 aliphatic heterocycles. The lowest BCUT2D eigenvalue weighted by Crippen LogP contribution is -2.20. The van der Waals surface area contributed by atoms with Gasteiger partial charge < -0.3 is 4.74 Å². The second-order valence-electron chi connectivity index (χ2n) is 3.92. The highest BCUT2D eigenvalue weighted by Crippen LogP contribution is 2.32. The highest BCUT2D eigenvalue weighted by molar-refractivity contribution is 9.12. The first kappa shape index (κ1) is 14.4. The predicted molar refractivity (Wildman–Crippen MR) is 74.3 cm³/mol. The normalized spacial score (nSPS) is 13.1. The highest BCUT2D eigenvalue weighted by atomic mass is 79.9. The average Bonchev–Trinajstić information content (AvgIpc) is 2.53. The molecule has 5 heteroatoms. The van der Waals surface area contributed by atoms with Gasteiger partial charge in [0.05, 0.1) is 13.7 Å². The van der Waals surface area contributed by atoms with E-state index in [1.165, 1.54) is 11.3 Å². The van der Waals surface area contributed by atoms with Crippen LogP contribution >= 0.6 is 43.2 Å². The zero-order valence-electron chi connectivity index (χ0n) is 9.42. The number of ether oxygens (including phenoxy) is 1. The van der Waals surface area contributed by atoms with E-state index in [4.69, 9.17) is 4.74 Å². The van der Waals surface area contributed by atoms with Crippen LogP contribution in [0.3, 0.4) is 0 Å². The number of hydrogen-bond donors (Lipinski definition) is 0. The van der Waals surface area contributed by atoms with Crippen LogP contribution < -0.4 is 0 Å². The van der Waals surface area contributed by atoms with Gasteiger partial charge in [0.1, 0.15) is 6.61 Å². The second-order valence-corrected chi connectivity index (χ2v) is 7.67. The average molecular weight is 370 g/mol. The summed E-state index contributed by atoms with van der Waals surface area (Å²) in [5, 5.41) is 0. The summed E-state index contributed by atoms with van der Waals surface area (Å²) in [7, 11) is 0. The topological polar surface area (TPSA) is 26.3 Å². The van der Waals surface area contributed by atoms with Crippen molar-refractivity contribution in [2.75, 3.05) is 6.61 Å². The van der Waals surface area contributed by atoms with Crippen LogP contribution in [0, 0.1) is 5.92 Å². The van der Waals surface area contributed by atoms with Crippen molar-refractivity contribution in [1.82, 2.24) is 0 Å². The molecule has 0 saturated carbocycles. The van der Waals surface area contributed by atoms with Gasteiger partial charge >= 0.3 is 0 Å². The molecule has 0 aliphatic rings. The molecule has 1 unspecified atom stereocenters. The van der Waals surface area contributed by atoms with E-state index >= 15 is 0 Å². The largest absolute Gasteiger partial charge is 0.370 e. The summed E-state index contributed by atoms with van der Waals surface area (Å²) in [5.41, 5.74) is 0.688. The summed E-state index contributed by atoms with van der Waals surface area (Å²) >= 11 is 8.21. The van der Waals surface area contributed by atoms with Crippen molar-refractivity contribution in [3.05, 3.63) is 19.2 Å². The lowest BCUT2D eigenvalue weighted by Gasteiger charge is -2.15. The second kappa shape index (κ2) is 6.28. The van der Waals surface area contributed by atoms with E-state index in [0.29, 0.717) is 11.5 Å². The lowest BCUT2D eigenvalue weighted by atomic mass is 10.1. The Hall–Kier alpha value is 0.290. The Morgan fingerprint density at radius 3 is 2.50 bits per heavy atom. The third-order valence-corrected chi connectivity index (χ3v) is 4.71. The quantitative estimate of drug-likeness (QED) is 0.713. The summed E-state index contributed by atoms with van der Waals surface area (Å²) in [5.74, 6) is 0.437. The first-order valence-electron chi connectivity index (χ1n) is 5.01. The minimum atomic E-state index is 0.0151. The molecular formula is C11H14Br2O2S. The van der Waals surface area contributed by atoms with E-state index in [1.54, 1.807) is 0 Å². The molecule has 1 rings (SSSR count). The van der Waals surface area contributed by atoms with Crippen LogP contribution in [-0.4, -0.2) is 18.5 Å². The minimum absolute atomic E-state index is 0.0151. The minimum Gasteiger partial charge on any atom is -0.370 e. The fourth-order valence-electron chi connectivity index (χ4n) is 1.01. The Morgan fingerprint density at radius 1 is 1.44 bits per heavy atom. The van der Waals surface area contributed by atoms with Gasteiger partial charge in [-0.15, -0.1) is 11.3 Å². The summed E-state index contributed by atoms with van der Waals surface area (Å²) in [4.78, 5) is 11.8. The van der Waals surface area contributed by atoms with Crippen molar-refractivity contribution in [2.45, 2.75) is 26.9 Å². The van der Waals surface area contributed by atoms with Crippen LogP contribution in [0.5, 0.6) is 0 Å². The predicted octanol–water partition coefficient (Wildman–Crippen LogP) is 4.52. The molecule has 0 spiro atoms. The van der Waals surface area contributed by atoms with Crippen molar-refractivity contribution in [2.24, 2.45) is 5.92 Å². The summed E-state index contributed by atoms with van der Waals surface area (Å²) in [6.45, 7) is 6.27. The summed E-state index contributed by atoms with van der Waals surface area (Å²) < 4.78 is 7.30. The molecule has 0 N–H and O–H groups in total. The van der Waals surface area contributed by atoms with E-state index in [9.17, 15) is 4.79 Å². The van der Waals surface area contributed by atoms with Crippen LogP contribution in [0.4, 0.5) is 0 Å². The highest BCUT2D eigenvalue weighted by Gasteiger charge is 2.16.